The van der Waals surface area contributed by atoms with Crippen LogP contribution < -0.4 is 5.32 Å². The number of thiol groups is 1. The summed E-state index contributed by atoms with van der Waals surface area (Å²) < 4.78 is 21.9. The second kappa shape index (κ2) is 7.99. The van der Waals surface area contributed by atoms with E-state index in [0.29, 0.717) is 18.9 Å². The number of aliphatic hydroxyl groups excluding tert-OH is 1. The van der Waals surface area contributed by atoms with Crippen molar-refractivity contribution < 1.29 is 24.1 Å². The summed E-state index contributed by atoms with van der Waals surface area (Å²) >= 11 is 4.16. The van der Waals surface area contributed by atoms with Crippen LogP contribution in [-0.2, 0) is 18.9 Å². The number of rotatable bonds is 4. The largest absolute Gasteiger partial charge is 0.386 e. The van der Waals surface area contributed by atoms with Crippen molar-refractivity contribution in [2.45, 2.75) is 43.9 Å². The Bertz CT molecular complexity index is 275. The van der Waals surface area contributed by atoms with Crippen LogP contribution in [0.25, 0.3) is 0 Å². The van der Waals surface area contributed by atoms with Crippen molar-refractivity contribution in [3.63, 3.8) is 0 Å². The molecular formula is C11H22ClNO5S. The minimum Gasteiger partial charge on any atom is -0.386 e. The Hall–Kier alpha value is 0.400. The summed E-state index contributed by atoms with van der Waals surface area (Å²) in [5.41, 5.74) is 0. The van der Waals surface area contributed by atoms with E-state index in [1.807, 2.05) is 6.92 Å². The molecule has 2 N–H and O–H groups in total. The molecule has 2 aliphatic heterocycles. The molecule has 0 aliphatic carbocycles. The van der Waals surface area contributed by atoms with Crippen molar-refractivity contribution in [1.29, 1.82) is 0 Å². The highest BCUT2D eigenvalue weighted by Gasteiger charge is 2.48. The fourth-order valence-corrected chi connectivity index (χ4v) is 2.51. The minimum absolute atomic E-state index is 0. The van der Waals surface area contributed by atoms with Gasteiger partial charge >= 0.3 is 0 Å². The molecule has 0 aromatic heterocycles. The van der Waals surface area contributed by atoms with E-state index in [-0.39, 0.29) is 36.9 Å². The molecule has 2 heterocycles. The van der Waals surface area contributed by atoms with Gasteiger partial charge in [-0.2, -0.15) is 12.6 Å². The molecular weight excluding hydrogens is 294 g/mol. The number of methoxy groups -OCH3 is 1. The number of nitrogens with one attached hydrogen (secondary N) is 1. The summed E-state index contributed by atoms with van der Waals surface area (Å²) in [6.45, 7) is 2.96. The zero-order valence-electron chi connectivity index (χ0n) is 11.0. The predicted octanol–water partition coefficient (Wildman–Crippen LogP) is -0.210. The average Bonchev–Trinajstić information content (AvgIpc) is 2.37. The monoisotopic (exact) mass is 315 g/mol. The maximum atomic E-state index is 10.2. The Balaban J connectivity index is 0.00000180. The van der Waals surface area contributed by atoms with Gasteiger partial charge in [-0.05, 0) is 6.92 Å². The van der Waals surface area contributed by atoms with E-state index in [9.17, 15) is 5.11 Å². The van der Waals surface area contributed by atoms with Gasteiger partial charge in [0.15, 0.2) is 12.6 Å². The number of fused-ring (bicyclic) bond motifs is 1. The molecule has 6 atom stereocenters. The predicted molar refractivity (Wildman–Crippen MR) is 74.9 cm³/mol. The van der Waals surface area contributed by atoms with Crippen molar-refractivity contribution in [3.05, 3.63) is 0 Å². The van der Waals surface area contributed by atoms with Gasteiger partial charge in [-0.25, -0.2) is 0 Å². The minimum atomic E-state index is -0.776. The Morgan fingerprint density at radius 1 is 1.42 bits per heavy atom. The first kappa shape index (κ1) is 17.5. The van der Waals surface area contributed by atoms with Gasteiger partial charge in [0, 0.05) is 19.4 Å². The van der Waals surface area contributed by atoms with E-state index < -0.39 is 12.4 Å². The van der Waals surface area contributed by atoms with Gasteiger partial charge in [0.25, 0.3) is 0 Å². The fraction of sp³-hybridized carbons (Fsp3) is 1.00. The van der Waals surface area contributed by atoms with E-state index in [1.165, 1.54) is 7.11 Å². The van der Waals surface area contributed by atoms with Crippen molar-refractivity contribution in [2.24, 2.45) is 0 Å². The van der Waals surface area contributed by atoms with Crippen LogP contribution in [0.5, 0.6) is 0 Å². The number of ether oxygens (including phenoxy) is 4. The summed E-state index contributed by atoms with van der Waals surface area (Å²) in [5, 5.41) is 13.5. The molecule has 19 heavy (non-hydrogen) atoms. The van der Waals surface area contributed by atoms with E-state index in [1.54, 1.807) is 0 Å². The first-order valence-electron chi connectivity index (χ1n) is 6.15. The highest BCUT2D eigenvalue weighted by atomic mass is 35.5. The van der Waals surface area contributed by atoms with Gasteiger partial charge in [0.2, 0.25) is 0 Å². The zero-order valence-corrected chi connectivity index (χ0v) is 12.7. The lowest BCUT2D eigenvalue weighted by atomic mass is 9.95. The Morgan fingerprint density at radius 3 is 2.79 bits per heavy atom. The Morgan fingerprint density at radius 2 is 2.16 bits per heavy atom. The number of hydrogen-bond donors (Lipinski definition) is 3. The van der Waals surface area contributed by atoms with Gasteiger partial charge in [-0.3, -0.25) is 0 Å². The van der Waals surface area contributed by atoms with Crippen molar-refractivity contribution in [1.82, 2.24) is 5.32 Å². The van der Waals surface area contributed by atoms with Crippen molar-refractivity contribution in [2.75, 3.05) is 26.0 Å². The van der Waals surface area contributed by atoms with Crippen molar-refractivity contribution >= 4 is 25.0 Å². The molecule has 0 bridgehead atoms. The van der Waals surface area contributed by atoms with Crippen LogP contribution in [0.15, 0.2) is 0 Å². The first-order chi connectivity index (χ1) is 8.67. The van der Waals surface area contributed by atoms with Crippen LogP contribution in [0.3, 0.4) is 0 Å². The lowest BCUT2D eigenvalue weighted by Gasteiger charge is -2.47. The lowest BCUT2D eigenvalue weighted by Crippen LogP contribution is -2.67. The maximum Gasteiger partial charge on any atom is 0.185 e. The second-order valence-corrected chi connectivity index (χ2v) is 4.92. The molecule has 8 heteroatoms. The van der Waals surface area contributed by atoms with Gasteiger partial charge in [0.05, 0.1) is 12.6 Å². The first-order valence-corrected chi connectivity index (χ1v) is 6.78. The van der Waals surface area contributed by atoms with E-state index in [4.69, 9.17) is 18.9 Å². The third-order valence-corrected chi connectivity index (χ3v) is 3.47. The van der Waals surface area contributed by atoms with Crippen molar-refractivity contribution in [3.8, 4) is 0 Å². The van der Waals surface area contributed by atoms with E-state index in [2.05, 4.69) is 17.9 Å². The van der Waals surface area contributed by atoms with Gasteiger partial charge < -0.3 is 29.4 Å². The summed E-state index contributed by atoms with van der Waals surface area (Å²) in [6, 6.07) is -0.243. The number of aliphatic hydroxyl groups is 1. The molecule has 2 rings (SSSR count). The highest BCUT2D eigenvalue weighted by Crippen LogP contribution is 2.28. The molecule has 2 aliphatic rings. The standard InChI is InChI=1S/C11H21NO5S.ClH/c1-6-15-5-7-10(16-6)8(12-3-4-18)9(13)11(14-2)17-7;/h6-13,18H,3-5H2,1-2H3;1H. The Kier molecular flexibility index (Phi) is 7.34. The van der Waals surface area contributed by atoms with Gasteiger partial charge in [-0.15, -0.1) is 12.4 Å². The molecule has 6 unspecified atom stereocenters. The van der Waals surface area contributed by atoms with Crippen LogP contribution >= 0.6 is 25.0 Å². The average molecular weight is 316 g/mol. The molecule has 0 radical (unpaired) electrons. The quantitative estimate of drug-likeness (QED) is 0.624. The summed E-state index contributed by atoms with van der Waals surface area (Å²) in [7, 11) is 1.51. The van der Waals surface area contributed by atoms with Gasteiger partial charge in [-0.1, -0.05) is 0 Å². The third kappa shape index (κ3) is 3.95. The molecule has 0 amide bonds. The molecule has 6 nitrogen and oxygen atoms in total. The van der Waals surface area contributed by atoms with Crippen LogP contribution in [0.4, 0.5) is 0 Å². The lowest BCUT2D eigenvalue weighted by molar-refractivity contribution is -0.334. The van der Waals surface area contributed by atoms with Crippen LogP contribution in [-0.4, -0.2) is 68.1 Å². The maximum absolute atomic E-state index is 10.2. The summed E-state index contributed by atoms with van der Waals surface area (Å²) in [4.78, 5) is 0. The zero-order chi connectivity index (χ0) is 13.1. The summed E-state index contributed by atoms with van der Waals surface area (Å²) in [5.74, 6) is 0.686. The van der Waals surface area contributed by atoms with Gasteiger partial charge in [0.1, 0.15) is 18.3 Å². The molecule has 0 saturated carbocycles. The third-order valence-electron chi connectivity index (χ3n) is 3.24. The van der Waals surface area contributed by atoms with E-state index >= 15 is 0 Å². The number of hydrogen-bond acceptors (Lipinski definition) is 7. The number of halogens is 1. The fourth-order valence-electron chi connectivity index (χ4n) is 2.39. The SMILES string of the molecule is COC1OC2COC(C)OC2C(NCCS)C1O.Cl. The second-order valence-electron chi connectivity index (χ2n) is 4.47. The molecule has 114 valence electrons. The van der Waals surface area contributed by atoms with Crippen LogP contribution in [0.1, 0.15) is 6.92 Å². The Labute approximate surface area is 124 Å². The molecule has 0 spiro atoms. The van der Waals surface area contributed by atoms with Crippen LogP contribution in [0.2, 0.25) is 0 Å². The van der Waals surface area contributed by atoms with Crippen LogP contribution in [0, 0.1) is 0 Å². The highest BCUT2D eigenvalue weighted by molar-refractivity contribution is 7.80. The van der Waals surface area contributed by atoms with E-state index in [0.717, 1.165) is 0 Å². The molecule has 2 saturated heterocycles. The topological polar surface area (TPSA) is 69.2 Å². The molecule has 0 aromatic rings. The normalized spacial score (nSPS) is 42.3. The smallest absolute Gasteiger partial charge is 0.185 e. The molecule has 0 aromatic carbocycles. The summed E-state index contributed by atoms with van der Waals surface area (Å²) in [6.07, 6.45) is -2.20. The molecule has 2 fully saturated rings.